The number of ether oxygens (including phenoxy) is 4. The summed E-state index contributed by atoms with van der Waals surface area (Å²) in [4.78, 5) is 0. The second kappa shape index (κ2) is 7.15. The van der Waals surface area contributed by atoms with Crippen molar-refractivity contribution in [2.45, 2.75) is 50.4 Å². The molecule has 118 valence electrons. The van der Waals surface area contributed by atoms with Crippen LogP contribution >= 0.6 is 0 Å². The summed E-state index contributed by atoms with van der Waals surface area (Å²) >= 11 is 0. The fourth-order valence-corrected chi connectivity index (χ4v) is 2.87. The minimum absolute atomic E-state index is 0.0174. The van der Waals surface area contributed by atoms with Crippen LogP contribution in [0.2, 0.25) is 0 Å². The van der Waals surface area contributed by atoms with Crippen LogP contribution in [0.15, 0.2) is 0 Å². The van der Waals surface area contributed by atoms with E-state index in [0.717, 1.165) is 19.1 Å². The van der Waals surface area contributed by atoms with Crippen LogP contribution in [-0.4, -0.2) is 59.8 Å². The minimum atomic E-state index is -3.60. The van der Waals surface area contributed by atoms with Crippen LogP contribution in [0.25, 0.3) is 0 Å². The molecule has 0 spiro atoms. The summed E-state index contributed by atoms with van der Waals surface area (Å²) in [6, 6.07) is 0. The first-order valence-corrected chi connectivity index (χ1v) is 8.47. The van der Waals surface area contributed by atoms with E-state index in [1.807, 2.05) is 0 Å². The number of methoxy groups -OCH3 is 1. The van der Waals surface area contributed by atoms with E-state index in [1.165, 1.54) is 7.11 Å². The molecule has 0 saturated carbocycles. The molecule has 2 aliphatic heterocycles. The lowest BCUT2D eigenvalue weighted by Gasteiger charge is -2.25. The Morgan fingerprint density at radius 3 is 2.80 bits per heavy atom. The van der Waals surface area contributed by atoms with E-state index in [4.69, 9.17) is 24.5 Å². The molecule has 0 N–H and O–H groups in total. The van der Waals surface area contributed by atoms with Crippen LogP contribution in [0.3, 0.4) is 0 Å². The molecule has 2 aliphatic rings. The minimum Gasteiger partial charge on any atom is -0.356 e. The van der Waals surface area contributed by atoms with Crippen molar-refractivity contribution in [3.63, 3.8) is 0 Å². The van der Waals surface area contributed by atoms with Gasteiger partial charge in [-0.2, -0.15) is 8.42 Å². The normalized spacial score (nSPS) is 39.7. The van der Waals surface area contributed by atoms with E-state index in [9.17, 15) is 8.42 Å². The zero-order valence-corrected chi connectivity index (χ0v) is 12.6. The highest BCUT2D eigenvalue weighted by atomic mass is 32.2. The van der Waals surface area contributed by atoms with Crippen molar-refractivity contribution < 1.29 is 32.9 Å². The number of hydrogen-bond donors (Lipinski definition) is 0. The third-order valence-corrected chi connectivity index (χ3v) is 3.77. The van der Waals surface area contributed by atoms with Gasteiger partial charge in [0, 0.05) is 20.1 Å². The van der Waals surface area contributed by atoms with E-state index in [1.54, 1.807) is 0 Å². The molecule has 8 heteroatoms. The summed E-state index contributed by atoms with van der Waals surface area (Å²) in [5.74, 6) is 0. The molecule has 0 aromatic carbocycles. The fraction of sp³-hybridized carbons (Fsp3) is 1.00. The van der Waals surface area contributed by atoms with Gasteiger partial charge in [-0.25, -0.2) is 0 Å². The summed E-state index contributed by atoms with van der Waals surface area (Å²) in [5, 5.41) is 0. The smallest absolute Gasteiger partial charge is 0.264 e. The van der Waals surface area contributed by atoms with E-state index >= 15 is 0 Å². The summed E-state index contributed by atoms with van der Waals surface area (Å²) < 4.78 is 57.0. The largest absolute Gasteiger partial charge is 0.356 e. The first-order valence-electron chi connectivity index (χ1n) is 7.16. The molecule has 2 rings (SSSR count). The molecule has 0 amide bonds. The molecule has 20 heavy (non-hydrogen) atoms. The lowest BCUT2D eigenvalue weighted by molar-refractivity contribution is -0.194. The van der Waals surface area contributed by atoms with Gasteiger partial charge < -0.3 is 18.9 Å². The molecule has 2 heterocycles. The fourth-order valence-electron chi connectivity index (χ4n) is 2.22. The maximum absolute atomic E-state index is 11.3. The third-order valence-electron chi connectivity index (χ3n) is 3.17. The Balaban J connectivity index is 1.92. The molecule has 0 radical (unpaired) electrons. The number of hydrogen-bond acceptors (Lipinski definition) is 7. The van der Waals surface area contributed by atoms with E-state index in [2.05, 4.69) is 0 Å². The molecule has 0 aromatic heterocycles. The van der Waals surface area contributed by atoms with Gasteiger partial charge in [0.1, 0.15) is 12.2 Å². The zero-order valence-electron chi connectivity index (χ0n) is 12.7. The van der Waals surface area contributed by atoms with Gasteiger partial charge in [0.05, 0.1) is 14.2 Å². The van der Waals surface area contributed by atoms with Crippen molar-refractivity contribution in [3.8, 4) is 0 Å². The highest BCUT2D eigenvalue weighted by molar-refractivity contribution is 7.86. The highest BCUT2D eigenvalue weighted by Crippen LogP contribution is 2.26. The Bertz CT molecular complexity index is 435. The lowest BCUT2D eigenvalue weighted by Crippen LogP contribution is -2.34. The molecule has 2 unspecified atom stereocenters. The van der Waals surface area contributed by atoms with E-state index in [0.29, 0.717) is 19.4 Å². The molecule has 2 saturated heterocycles. The van der Waals surface area contributed by atoms with Crippen LogP contribution in [-0.2, 0) is 33.2 Å². The first-order chi connectivity index (χ1) is 9.81. The summed E-state index contributed by atoms with van der Waals surface area (Å²) in [7, 11) is -2.13. The van der Waals surface area contributed by atoms with Crippen LogP contribution in [0.5, 0.6) is 0 Å². The molecular formula is C12H22O7S. The van der Waals surface area contributed by atoms with Crippen LogP contribution in [0.1, 0.15) is 27.1 Å². The van der Waals surface area contributed by atoms with Crippen LogP contribution in [0, 0.1) is 0 Å². The average Bonchev–Trinajstić information content (AvgIpc) is 2.77. The van der Waals surface area contributed by atoms with Crippen LogP contribution in [0.4, 0.5) is 0 Å². The molecule has 0 bridgehead atoms. The van der Waals surface area contributed by atoms with Crippen molar-refractivity contribution in [2.75, 3.05) is 26.6 Å². The Morgan fingerprint density at radius 1 is 1.40 bits per heavy atom. The van der Waals surface area contributed by atoms with Crippen molar-refractivity contribution in [2.24, 2.45) is 0 Å². The van der Waals surface area contributed by atoms with Gasteiger partial charge in [-0.15, -0.1) is 0 Å². The summed E-state index contributed by atoms with van der Waals surface area (Å²) in [6.07, 6.45) is 0.306. The Hall–Kier alpha value is -0.250. The predicted molar refractivity (Wildman–Crippen MR) is 69.5 cm³/mol. The van der Waals surface area contributed by atoms with Gasteiger partial charge in [0.25, 0.3) is 10.1 Å². The van der Waals surface area contributed by atoms with Gasteiger partial charge in [-0.05, 0) is 19.3 Å². The lowest BCUT2D eigenvalue weighted by atomic mass is 10.2. The van der Waals surface area contributed by atoms with Crippen molar-refractivity contribution in [3.05, 3.63) is 0 Å². The monoisotopic (exact) mass is 311 g/mol. The van der Waals surface area contributed by atoms with Crippen molar-refractivity contribution >= 4 is 10.1 Å². The Kier molecular flexibility index (Phi) is 5.24. The van der Waals surface area contributed by atoms with Gasteiger partial charge >= 0.3 is 0 Å². The van der Waals surface area contributed by atoms with Gasteiger partial charge in [0.15, 0.2) is 12.6 Å². The summed E-state index contributed by atoms with van der Waals surface area (Å²) in [6.45, 7) is 0.503. The van der Waals surface area contributed by atoms with Gasteiger partial charge in [0.2, 0.25) is 0 Å². The number of rotatable bonds is 6. The average molecular weight is 311 g/mol. The molecule has 0 aromatic rings. The molecule has 2 fully saturated rings. The Labute approximate surface area is 121 Å². The molecular weight excluding hydrogens is 288 g/mol. The van der Waals surface area contributed by atoms with Crippen molar-refractivity contribution in [1.29, 1.82) is 0 Å². The second-order valence-electron chi connectivity index (χ2n) is 4.90. The molecule has 0 aliphatic carbocycles. The van der Waals surface area contributed by atoms with Crippen LogP contribution < -0.4 is 0 Å². The topological polar surface area (TPSA) is 80.3 Å². The molecule has 4 atom stereocenters. The van der Waals surface area contributed by atoms with E-state index < -0.39 is 34.9 Å². The zero-order chi connectivity index (χ0) is 15.5. The van der Waals surface area contributed by atoms with Gasteiger partial charge in [-0.1, -0.05) is 0 Å². The third kappa shape index (κ3) is 4.94. The summed E-state index contributed by atoms with van der Waals surface area (Å²) in [5.41, 5.74) is 0. The van der Waals surface area contributed by atoms with E-state index in [-0.39, 0.29) is 6.61 Å². The predicted octanol–water partition coefficient (Wildman–Crippen LogP) is 0.636. The second-order valence-corrected chi connectivity index (χ2v) is 6.50. The quantitative estimate of drug-likeness (QED) is 0.666. The first kappa shape index (κ1) is 14.7. The highest BCUT2D eigenvalue weighted by Gasteiger charge is 2.39. The molecule has 7 nitrogen and oxygen atoms in total. The standard InChI is InChI=1S/C12H22O7S/c1-15-12-7-9(19-20(2,13)14)10(18-12)8-17-11-5-3-4-6-16-11/h9-12H,3-8H2,1-2H3/t9-,10+,11?,12?/m0/s1/i11D. The Morgan fingerprint density at radius 2 is 2.20 bits per heavy atom. The maximum atomic E-state index is 11.3. The SMILES string of the molecule is [2H]C1(OC[C@H]2OC(OC)C[C@@H]2OS(C)(=O)=O)CCCCO1. The van der Waals surface area contributed by atoms with Crippen molar-refractivity contribution in [1.82, 2.24) is 0 Å². The maximum Gasteiger partial charge on any atom is 0.264 e. The van der Waals surface area contributed by atoms with Gasteiger partial charge in [-0.3, -0.25) is 4.18 Å².